The smallest absolute Gasteiger partial charge is 0.333 e. The van der Waals surface area contributed by atoms with Crippen LogP contribution in [0.3, 0.4) is 0 Å². The number of rotatable bonds is 7. The summed E-state index contributed by atoms with van der Waals surface area (Å²) in [4.78, 5) is 37.0. The lowest BCUT2D eigenvalue weighted by Crippen LogP contribution is -2.57. The van der Waals surface area contributed by atoms with Crippen LogP contribution >= 0.6 is 11.3 Å². The lowest BCUT2D eigenvalue weighted by atomic mass is 9.72. The number of esters is 1. The molecule has 2 heterocycles. The normalized spacial score (nSPS) is 23.9. The first kappa shape index (κ1) is 23.4. The minimum Gasteiger partial charge on any atom is -0.478 e. The molecule has 170 valence electrons. The monoisotopic (exact) mass is 460 g/mol. The van der Waals surface area contributed by atoms with Crippen LogP contribution in [0.15, 0.2) is 53.0 Å². The van der Waals surface area contributed by atoms with E-state index in [2.05, 4.69) is 5.32 Å². The number of aliphatic carboxylic acids is 1. The molecule has 0 spiro atoms. The minimum absolute atomic E-state index is 0.0404. The van der Waals surface area contributed by atoms with Crippen molar-refractivity contribution in [3.05, 3.63) is 73.6 Å². The summed E-state index contributed by atoms with van der Waals surface area (Å²) < 4.78 is 5.51. The van der Waals surface area contributed by atoms with Crippen LogP contribution in [-0.2, 0) is 14.3 Å². The molecule has 4 unspecified atom stereocenters. The Hall–Kier alpha value is -3.24. The number of hydrogen-bond acceptors (Lipinski definition) is 8. The molecule has 0 bridgehead atoms. The second-order valence-corrected chi connectivity index (χ2v) is 8.95. The molecule has 0 amide bonds. The number of ether oxygens (including phenoxy) is 1. The zero-order valence-electron chi connectivity index (χ0n) is 17.8. The number of nitro groups is 1. The van der Waals surface area contributed by atoms with Crippen molar-refractivity contribution in [1.29, 1.82) is 0 Å². The number of nitrogens with one attached hydrogen (secondary N) is 1. The summed E-state index contributed by atoms with van der Waals surface area (Å²) in [6.07, 6.45) is 0. The van der Waals surface area contributed by atoms with Crippen LogP contribution in [0.25, 0.3) is 0 Å². The standard InChI is InChI=1S/C22H24N2O7S/c1-12(16-8-5-9-32-16)11-31-21(27)19-18(14-6-4-7-15(10-14)24(29)30)17(20(25)26)13(2)23-22(19,3)28/h4-10,12,18-19,23,28H,11H2,1-3H3,(H,25,26). The topological polar surface area (TPSA) is 139 Å². The number of carbonyl (C=O) groups excluding carboxylic acids is 1. The molecule has 9 nitrogen and oxygen atoms in total. The number of carboxylic acids is 1. The highest BCUT2D eigenvalue weighted by atomic mass is 32.1. The van der Waals surface area contributed by atoms with Gasteiger partial charge in [-0.05, 0) is 30.9 Å². The Morgan fingerprint density at radius 3 is 2.66 bits per heavy atom. The maximum Gasteiger partial charge on any atom is 0.333 e. The third kappa shape index (κ3) is 4.66. The Morgan fingerprint density at radius 2 is 2.06 bits per heavy atom. The SMILES string of the molecule is CC1=C(C(=O)O)C(c2cccc([N+](=O)[O-])c2)C(C(=O)OCC(C)c2cccs2)C(C)(O)N1. The molecule has 1 aromatic carbocycles. The third-order valence-electron chi connectivity index (χ3n) is 5.52. The van der Waals surface area contributed by atoms with Gasteiger partial charge in [-0.2, -0.15) is 0 Å². The van der Waals surface area contributed by atoms with Crippen molar-refractivity contribution in [1.82, 2.24) is 5.32 Å². The first-order chi connectivity index (χ1) is 15.0. The number of carbonyl (C=O) groups is 2. The van der Waals surface area contributed by atoms with Gasteiger partial charge in [0, 0.05) is 34.5 Å². The average Bonchev–Trinajstić information content (AvgIpc) is 3.25. The van der Waals surface area contributed by atoms with Gasteiger partial charge in [-0.15, -0.1) is 11.3 Å². The van der Waals surface area contributed by atoms with Crippen LogP contribution in [0.2, 0.25) is 0 Å². The van der Waals surface area contributed by atoms with E-state index in [1.807, 2.05) is 24.4 Å². The number of nitro benzene ring substituents is 1. The second-order valence-electron chi connectivity index (χ2n) is 7.97. The summed E-state index contributed by atoms with van der Waals surface area (Å²) in [6, 6.07) is 9.22. The van der Waals surface area contributed by atoms with Gasteiger partial charge in [-0.25, -0.2) is 4.79 Å². The molecule has 32 heavy (non-hydrogen) atoms. The molecule has 0 fully saturated rings. The van der Waals surface area contributed by atoms with Gasteiger partial charge in [-0.1, -0.05) is 25.1 Å². The predicted molar refractivity (Wildman–Crippen MR) is 117 cm³/mol. The highest BCUT2D eigenvalue weighted by Gasteiger charge is 2.51. The fraction of sp³-hybridized carbons (Fsp3) is 0.364. The lowest BCUT2D eigenvalue weighted by Gasteiger charge is -2.43. The van der Waals surface area contributed by atoms with E-state index in [0.717, 1.165) is 4.88 Å². The molecule has 3 N–H and O–H groups in total. The Morgan fingerprint density at radius 1 is 1.34 bits per heavy atom. The van der Waals surface area contributed by atoms with Gasteiger partial charge in [0.05, 0.1) is 17.1 Å². The maximum absolute atomic E-state index is 13.2. The molecular formula is C22H24N2O7S. The Balaban J connectivity index is 2.01. The molecule has 3 rings (SSSR count). The van der Waals surface area contributed by atoms with E-state index in [0.29, 0.717) is 0 Å². The molecule has 0 saturated carbocycles. The largest absolute Gasteiger partial charge is 0.478 e. The van der Waals surface area contributed by atoms with E-state index in [-0.39, 0.29) is 35.0 Å². The average molecular weight is 461 g/mol. The zero-order chi connectivity index (χ0) is 23.6. The van der Waals surface area contributed by atoms with Gasteiger partial charge >= 0.3 is 11.9 Å². The number of non-ortho nitro benzene ring substituents is 1. The molecule has 2 aromatic rings. The summed E-state index contributed by atoms with van der Waals surface area (Å²) in [6.45, 7) is 4.76. The van der Waals surface area contributed by atoms with Gasteiger partial charge in [0.25, 0.3) is 5.69 Å². The van der Waals surface area contributed by atoms with E-state index < -0.39 is 34.4 Å². The van der Waals surface area contributed by atoms with Gasteiger partial charge in [0.2, 0.25) is 0 Å². The number of carboxylic acid groups (broad SMARTS) is 1. The summed E-state index contributed by atoms with van der Waals surface area (Å²) >= 11 is 1.52. The number of allylic oxidation sites excluding steroid dienone is 1. The minimum atomic E-state index is -1.85. The van der Waals surface area contributed by atoms with Crippen molar-refractivity contribution in [2.45, 2.75) is 38.3 Å². The zero-order valence-corrected chi connectivity index (χ0v) is 18.6. The molecule has 0 aliphatic carbocycles. The van der Waals surface area contributed by atoms with Crippen molar-refractivity contribution in [3.63, 3.8) is 0 Å². The van der Waals surface area contributed by atoms with Crippen molar-refractivity contribution in [3.8, 4) is 0 Å². The molecule has 1 aliphatic rings. The Labute approximate surface area is 188 Å². The molecule has 10 heteroatoms. The van der Waals surface area contributed by atoms with Crippen LogP contribution in [0.4, 0.5) is 5.69 Å². The summed E-state index contributed by atoms with van der Waals surface area (Å²) in [5.41, 5.74) is -1.87. The van der Waals surface area contributed by atoms with Gasteiger partial charge < -0.3 is 20.3 Å². The predicted octanol–water partition coefficient (Wildman–Crippen LogP) is 3.37. The fourth-order valence-corrected chi connectivity index (χ4v) is 4.82. The highest BCUT2D eigenvalue weighted by molar-refractivity contribution is 7.10. The second kappa shape index (κ2) is 9.09. The molecule has 1 aromatic heterocycles. The van der Waals surface area contributed by atoms with E-state index >= 15 is 0 Å². The van der Waals surface area contributed by atoms with Crippen molar-refractivity contribution < 1.29 is 29.5 Å². The molecule has 4 atom stereocenters. The van der Waals surface area contributed by atoms with Crippen LogP contribution in [-0.4, -0.2) is 39.4 Å². The summed E-state index contributed by atoms with van der Waals surface area (Å²) in [7, 11) is 0. The summed E-state index contributed by atoms with van der Waals surface area (Å²) in [5.74, 6) is -4.70. The fourth-order valence-electron chi connectivity index (χ4n) is 4.05. The number of aliphatic hydroxyl groups is 1. The third-order valence-corrected chi connectivity index (χ3v) is 6.63. The van der Waals surface area contributed by atoms with Crippen LogP contribution in [0.1, 0.15) is 43.0 Å². The van der Waals surface area contributed by atoms with Crippen molar-refractivity contribution in [2.24, 2.45) is 5.92 Å². The van der Waals surface area contributed by atoms with Crippen LogP contribution < -0.4 is 5.32 Å². The number of benzene rings is 1. The Bertz CT molecular complexity index is 1060. The summed E-state index contributed by atoms with van der Waals surface area (Å²) in [5, 5.41) is 36.8. The molecule has 1 aliphatic heterocycles. The number of nitrogens with zero attached hydrogens (tertiary/aromatic N) is 1. The van der Waals surface area contributed by atoms with E-state index in [1.165, 1.54) is 49.4 Å². The van der Waals surface area contributed by atoms with Gasteiger partial charge in [0.1, 0.15) is 11.6 Å². The molecule has 0 radical (unpaired) electrons. The first-order valence-corrected chi connectivity index (χ1v) is 10.8. The lowest BCUT2D eigenvalue weighted by molar-refractivity contribution is -0.384. The van der Waals surface area contributed by atoms with Gasteiger partial charge in [0.15, 0.2) is 0 Å². The van der Waals surface area contributed by atoms with Crippen molar-refractivity contribution in [2.75, 3.05) is 6.61 Å². The first-order valence-electron chi connectivity index (χ1n) is 9.92. The van der Waals surface area contributed by atoms with Gasteiger partial charge in [-0.3, -0.25) is 14.9 Å². The van der Waals surface area contributed by atoms with Crippen LogP contribution in [0, 0.1) is 16.0 Å². The van der Waals surface area contributed by atoms with E-state index in [9.17, 15) is 29.9 Å². The molecule has 0 saturated heterocycles. The maximum atomic E-state index is 13.2. The molecular weight excluding hydrogens is 436 g/mol. The Kier molecular flexibility index (Phi) is 6.65. The van der Waals surface area contributed by atoms with E-state index in [1.54, 1.807) is 0 Å². The van der Waals surface area contributed by atoms with E-state index in [4.69, 9.17) is 4.74 Å². The quantitative estimate of drug-likeness (QED) is 0.325. The number of hydrogen-bond donors (Lipinski definition) is 3. The van der Waals surface area contributed by atoms with Crippen LogP contribution in [0.5, 0.6) is 0 Å². The number of thiophene rings is 1. The van der Waals surface area contributed by atoms with Crippen molar-refractivity contribution >= 4 is 29.0 Å². The highest BCUT2D eigenvalue weighted by Crippen LogP contribution is 2.44.